The van der Waals surface area contributed by atoms with Gasteiger partial charge >= 0.3 is 0 Å². The Morgan fingerprint density at radius 1 is 1.31 bits per heavy atom. The van der Waals surface area contributed by atoms with Crippen LogP contribution in [0.25, 0.3) is 16.2 Å². The van der Waals surface area contributed by atoms with Gasteiger partial charge in [0.1, 0.15) is 16.4 Å². The molecule has 4 rings (SSSR count). The van der Waals surface area contributed by atoms with Crippen molar-refractivity contribution in [1.29, 1.82) is 0 Å². The maximum absolute atomic E-state index is 6.22. The van der Waals surface area contributed by atoms with Crippen molar-refractivity contribution >= 4 is 39.0 Å². The number of fused-ring (bicyclic) bond motifs is 1. The van der Waals surface area contributed by atoms with E-state index in [2.05, 4.69) is 32.7 Å². The van der Waals surface area contributed by atoms with Gasteiger partial charge in [0, 0.05) is 18.9 Å². The van der Waals surface area contributed by atoms with Gasteiger partial charge in [-0.2, -0.15) is 15.1 Å². The first-order valence-corrected chi connectivity index (χ1v) is 9.23. The van der Waals surface area contributed by atoms with Crippen molar-refractivity contribution in [2.24, 2.45) is 0 Å². The van der Waals surface area contributed by atoms with E-state index in [1.54, 1.807) is 29.3 Å². The largest absolute Gasteiger partial charge is 0.495 e. The third-order valence-electron chi connectivity index (χ3n) is 3.99. The van der Waals surface area contributed by atoms with E-state index in [-0.39, 0.29) is 0 Å². The molecule has 0 saturated carbocycles. The fraction of sp³-hybridized carbons (Fsp3) is 0.167. The average Bonchev–Trinajstić information content (AvgIpc) is 3.30. The van der Waals surface area contributed by atoms with E-state index in [4.69, 9.17) is 16.3 Å². The van der Waals surface area contributed by atoms with Crippen molar-refractivity contribution in [3.05, 3.63) is 58.2 Å². The van der Waals surface area contributed by atoms with Gasteiger partial charge in [-0.25, -0.2) is 4.68 Å². The summed E-state index contributed by atoms with van der Waals surface area (Å²) in [5.74, 6) is 1.99. The normalized spacial score (nSPS) is 11.0. The van der Waals surface area contributed by atoms with Crippen molar-refractivity contribution in [2.75, 3.05) is 12.4 Å². The molecule has 1 N–H and O–H groups in total. The Bertz CT molecular complexity index is 1060. The maximum atomic E-state index is 6.22. The number of halogens is 1. The number of methoxy groups -OCH3 is 1. The molecule has 0 aliphatic heterocycles. The first-order valence-electron chi connectivity index (χ1n) is 7.98. The van der Waals surface area contributed by atoms with Crippen LogP contribution in [0.1, 0.15) is 11.1 Å². The molecule has 0 bridgehead atoms. The SMILES string of the molecule is COc1ccc(CNc2nc(-n3cccn3)nc3scc(C)c23)cc1Cl. The Morgan fingerprint density at radius 3 is 2.92 bits per heavy atom. The highest BCUT2D eigenvalue weighted by Crippen LogP contribution is 2.31. The zero-order valence-electron chi connectivity index (χ0n) is 14.2. The smallest absolute Gasteiger partial charge is 0.253 e. The summed E-state index contributed by atoms with van der Waals surface area (Å²) >= 11 is 7.82. The Morgan fingerprint density at radius 2 is 2.19 bits per heavy atom. The van der Waals surface area contributed by atoms with Gasteiger partial charge in [0.15, 0.2) is 0 Å². The van der Waals surface area contributed by atoms with Gasteiger partial charge < -0.3 is 10.1 Å². The van der Waals surface area contributed by atoms with Crippen LogP contribution in [-0.2, 0) is 6.54 Å². The number of nitrogens with one attached hydrogen (secondary N) is 1. The first-order chi connectivity index (χ1) is 12.7. The van der Waals surface area contributed by atoms with Crippen LogP contribution in [0.4, 0.5) is 5.82 Å². The van der Waals surface area contributed by atoms with Gasteiger partial charge in [-0.3, -0.25) is 0 Å². The lowest BCUT2D eigenvalue weighted by Gasteiger charge is -2.11. The highest BCUT2D eigenvalue weighted by Gasteiger charge is 2.13. The van der Waals surface area contributed by atoms with Crippen molar-refractivity contribution in [1.82, 2.24) is 19.7 Å². The predicted molar refractivity (Wildman–Crippen MR) is 105 cm³/mol. The third-order valence-corrected chi connectivity index (χ3v) is 5.28. The summed E-state index contributed by atoms with van der Waals surface area (Å²) in [6, 6.07) is 7.57. The highest BCUT2D eigenvalue weighted by molar-refractivity contribution is 7.17. The number of nitrogens with zero attached hydrogens (tertiary/aromatic N) is 4. The molecule has 3 aromatic heterocycles. The summed E-state index contributed by atoms with van der Waals surface area (Å²) in [6.45, 7) is 2.65. The van der Waals surface area contributed by atoms with Crippen molar-refractivity contribution in [3.8, 4) is 11.7 Å². The molecule has 0 atom stereocenters. The van der Waals surface area contributed by atoms with E-state index < -0.39 is 0 Å². The van der Waals surface area contributed by atoms with Crippen LogP contribution in [0.5, 0.6) is 5.75 Å². The summed E-state index contributed by atoms with van der Waals surface area (Å²) in [7, 11) is 1.60. The van der Waals surface area contributed by atoms with Gasteiger partial charge in [0.2, 0.25) is 0 Å². The molecule has 132 valence electrons. The highest BCUT2D eigenvalue weighted by atomic mass is 35.5. The second-order valence-corrected chi connectivity index (χ2v) is 7.01. The van der Waals surface area contributed by atoms with Crippen molar-refractivity contribution < 1.29 is 4.74 Å². The second-order valence-electron chi connectivity index (χ2n) is 5.74. The molecular weight excluding hydrogens is 370 g/mol. The van der Waals surface area contributed by atoms with Crippen LogP contribution in [-0.4, -0.2) is 26.9 Å². The molecule has 0 aliphatic carbocycles. The zero-order valence-corrected chi connectivity index (χ0v) is 15.8. The molecule has 8 heteroatoms. The zero-order chi connectivity index (χ0) is 18.1. The van der Waals surface area contributed by atoms with Crippen LogP contribution >= 0.6 is 22.9 Å². The molecule has 4 aromatic rings. The number of hydrogen-bond donors (Lipinski definition) is 1. The molecule has 0 aliphatic rings. The van der Waals surface area contributed by atoms with Crippen LogP contribution in [0, 0.1) is 6.92 Å². The van der Waals surface area contributed by atoms with Gasteiger partial charge in [-0.05, 0) is 41.6 Å². The molecule has 0 amide bonds. The molecule has 3 heterocycles. The fourth-order valence-electron chi connectivity index (χ4n) is 2.70. The monoisotopic (exact) mass is 385 g/mol. The number of anilines is 1. The van der Waals surface area contributed by atoms with Gasteiger partial charge in [-0.15, -0.1) is 11.3 Å². The topological polar surface area (TPSA) is 64.9 Å². The molecule has 26 heavy (non-hydrogen) atoms. The van der Waals surface area contributed by atoms with Crippen LogP contribution in [0.15, 0.2) is 42.0 Å². The summed E-state index contributed by atoms with van der Waals surface area (Å²) in [5, 5.41) is 11.3. The lowest BCUT2D eigenvalue weighted by atomic mass is 10.2. The van der Waals surface area contributed by atoms with Gasteiger partial charge in [-0.1, -0.05) is 17.7 Å². The van der Waals surface area contributed by atoms with Crippen molar-refractivity contribution in [3.63, 3.8) is 0 Å². The van der Waals surface area contributed by atoms with E-state index in [0.717, 1.165) is 27.2 Å². The predicted octanol–water partition coefficient (Wildman–Crippen LogP) is 4.46. The molecule has 0 saturated heterocycles. The molecule has 0 radical (unpaired) electrons. The molecule has 0 spiro atoms. The molecule has 0 unspecified atom stereocenters. The van der Waals surface area contributed by atoms with Gasteiger partial charge in [0.25, 0.3) is 5.95 Å². The number of hydrogen-bond acceptors (Lipinski definition) is 6. The van der Waals surface area contributed by atoms with E-state index in [0.29, 0.717) is 23.3 Å². The lowest BCUT2D eigenvalue weighted by Crippen LogP contribution is -2.07. The maximum Gasteiger partial charge on any atom is 0.253 e. The first kappa shape index (κ1) is 16.8. The van der Waals surface area contributed by atoms with E-state index in [1.807, 2.05) is 30.5 Å². The van der Waals surface area contributed by atoms with Crippen LogP contribution in [0.3, 0.4) is 0 Å². The molecule has 0 fully saturated rings. The van der Waals surface area contributed by atoms with E-state index >= 15 is 0 Å². The van der Waals surface area contributed by atoms with Gasteiger partial charge in [0.05, 0.1) is 17.5 Å². The quantitative estimate of drug-likeness (QED) is 0.549. The number of ether oxygens (including phenoxy) is 1. The van der Waals surface area contributed by atoms with E-state index in [1.165, 1.54) is 0 Å². The fourth-order valence-corrected chi connectivity index (χ4v) is 3.89. The standard InChI is InChI=1S/C18H16ClN5OS/c1-11-10-26-17-15(11)16(22-18(23-17)24-7-3-6-21-24)20-9-12-4-5-14(25-2)13(19)8-12/h3-8,10H,9H2,1-2H3,(H,20,22,23). The summed E-state index contributed by atoms with van der Waals surface area (Å²) in [4.78, 5) is 10.2. The van der Waals surface area contributed by atoms with Crippen molar-refractivity contribution in [2.45, 2.75) is 13.5 Å². The Balaban J connectivity index is 1.69. The minimum absolute atomic E-state index is 0.541. The summed E-state index contributed by atoms with van der Waals surface area (Å²) in [6.07, 6.45) is 3.54. The number of rotatable bonds is 5. The second kappa shape index (κ2) is 6.93. The third kappa shape index (κ3) is 3.11. The minimum Gasteiger partial charge on any atom is -0.495 e. The number of aryl methyl sites for hydroxylation is 1. The minimum atomic E-state index is 0.541. The van der Waals surface area contributed by atoms with E-state index in [9.17, 15) is 0 Å². The number of thiophene rings is 1. The molecular formula is C18H16ClN5OS. The Labute approximate surface area is 159 Å². The number of benzene rings is 1. The Hall–Kier alpha value is -2.64. The summed E-state index contributed by atoms with van der Waals surface area (Å²) < 4.78 is 6.86. The average molecular weight is 386 g/mol. The molecule has 1 aromatic carbocycles. The molecule has 6 nitrogen and oxygen atoms in total. The Kier molecular flexibility index (Phi) is 4.48. The lowest BCUT2D eigenvalue weighted by molar-refractivity contribution is 0.415. The number of aromatic nitrogens is 4. The van der Waals surface area contributed by atoms with Crippen LogP contribution < -0.4 is 10.1 Å². The summed E-state index contributed by atoms with van der Waals surface area (Å²) in [5.41, 5.74) is 2.18. The van der Waals surface area contributed by atoms with Crippen LogP contribution in [0.2, 0.25) is 5.02 Å².